The molecule has 0 aliphatic carbocycles. The van der Waals surface area contributed by atoms with E-state index in [9.17, 15) is 0 Å². The lowest BCUT2D eigenvalue weighted by molar-refractivity contribution is 0.292. The molecule has 0 radical (unpaired) electrons. The van der Waals surface area contributed by atoms with Crippen molar-refractivity contribution in [3.8, 4) is 0 Å². The second-order valence-corrected chi connectivity index (χ2v) is 6.91. The highest BCUT2D eigenvalue weighted by atomic mass is 35.5. The lowest BCUT2D eigenvalue weighted by atomic mass is 9.84. The van der Waals surface area contributed by atoms with Crippen LogP contribution in [0, 0.1) is 5.41 Å². The number of pyridine rings is 1. The molecular weight excluding hydrogens is 270 g/mol. The van der Waals surface area contributed by atoms with Crippen LogP contribution in [0.3, 0.4) is 0 Å². The van der Waals surface area contributed by atoms with Crippen LogP contribution in [0.25, 0.3) is 0 Å². The van der Waals surface area contributed by atoms with Gasteiger partial charge in [-0.25, -0.2) is 4.98 Å². The van der Waals surface area contributed by atoms with Crippen molar-refractivity contribution in [1.82, 2.24) is 10.3 Å². The standard InChI is InChI=1S/C16H26ClN3/c1-4-7-18-10-13-9-15(19-11-14(13)17)20-8-5-6-16(2,3)12-20/h9,11,18H,4-8,10,12H2,1-3H3. The maximum Gasteiger partial charge on any atom is 0.128 e. The van der Waals surface area contributed by atoms with Gasteiger partial charge in [-0.3, -0.25) is 0 Å². The van der Waals surface area contributed by atoms with E-state index in [0.29, 0.717) is 5.41 Å². The van der Waals surface area contributed by atoms with E-state index in [1.165, 1.54) is 12.8 Å². The maximum absolute atomic E-state index is 6.25. The molecule has 4 heteroatoms. The van der Waals surface area contributed by atoms with Crippen LogP contribution in [-0.2, 0) is 6.54 Å². The number of nitrogens with zero attached hydrogens (tertiary/aromatic N) is 2. The Morgan fingerprint density at radius 1 is 1.45 bits per heavy atom. The summed E-state index contributed by atoms with van der Waals surface area (Å²) >= 11 is 6.25. The Hall–Kier alpha value is -0.800. The van der Waals surface area contributed by atoms with Gasteiger partial charge in [-0.05, 0) is 42.9 Å². The second-order valence-electron chi connectivity index (χ2n) is 6.50. The van der Waals surface area contributed by atoms with Gasteiger partial charge in [0.1, 0.15) is 5.82 Å². The Morgan fingerprint density at radius 2 is 2.25 bits per heavy atom. The molecule has 20 heavy (non-hydrogen) atoms. The van der Waals surface area contributed by atoms with Gasteiger partial charge in [0.2, 0.25) is 0 Å². The van der Waals surface area contributed by atoms with Crippen LogP contribution in [0.1, 0.15) is 45.6 Å². The molecule has 0 saturated carbocycles. The van der Waals surface area contributed by atoms with E-state index in [4.69, 9.17) is 11.6 Å². The zero-order valence-corrected chi connectivity index (χ0v) is 13.6. The monoisotopic (exact) mass is 295 g/mol. The van der Waals surface area contributed by atoms with E-state index in [1.807, 2.05) is 0 Å². The van der Waals surface area contributed by atoms with Crippen LogP contribution in [0.2, 0.25) is 5.02 Å². The first kappa shape index (κ1) is 15.6. The van der Waals surface area contributed by atoms with Gasteiger partial charge in [-0.2, -0.15) is 0 Å². The van der Waals surface area contributed by atoms with Gasteiger partial charge in [-0.1, -0.05) is 32.4 Å². The first-order valence-corrected chi connectivity index (χ1v) is 8.00. The third kappa shape index (κ3) is 4.10. The molecule has 1 aliphatic rings. The normalized spacial score (nSPS) is 18.3. The van der Waals surface area contributed by atoms with Crippen molar-refractivity contribution in [2.24, 2.45) is 5.41 Å². The summed E-state index contributed by atoms with van der Waals surface area (Å²) in [5.74, 6) is 1.07. The van der Waals surface area contributed by atoms with Gasteiger partial charge < -0.3 is 10.2 Å². The zero-order valence-electron chi connectivity index (χ0n) is 12.9. The van der Waals surface area contributed by atoms with Crippen molar-refractivity contribution < 1.29 is 0 Å². The van der Waals surface area contributed by atoms with Crippen molar-refractivity contribution in [2.45, 2.75) is 46.6 Å². The van der Waals surface area contributed by atoms with Gasteiger partial charge in [0.15, 0.2) is 0 Å². The second kappa shape index (κ2) is 6.77. The Balaban J connectivity index is 2.10. The highest BCUT2D eigenvalue weighted by Gasteiger charge is 2.27. The minimum absolute atomic E-state index is 0.375. The Kier molecular flexibility index (Phi) is 5.28. The Bertz CT molecular complexity index is 445. The summed E-state index contributed by atoms with van der Waals surface area (Å²) in [6.07, 6.45) is 5.46. The fraction of sp³-hybridized carbons (Fsp3) is 0.688. The largest absolute Gasteiger partial charge is 0.356 e. The Labute approximate surface area is 127 Å². The zero-order chi connectivity index (χ0) is 14.6. The molecule has 1 aromatic rings. The molecule has 0 atom stereocenters. The van der Waals surface area contributed by atoms with Gasteiger partial charge in [0.25, 0.3) is 0 Å². The number of hydrogen-bond acceptors (Lipinski definition) is 3. The van der Waals surface area contributed by atoms with Crippen LogP contribution >= 0.6 is 11.6 Å². The van der Waals surface area contributed by atoms with Gasteiger partial charge in [0.05, 0.1) is 5.02 Å². The topological polar surface area (TPSA) is 28.2 Å². The maximum atomic E-state index is 6.25. The van der Waals surface area contributed by atoms with Crippen LogP contribution in [0.15, 0.2) is 12.3 Å². The third-order valence-corrected chi connectivity index (χ3v) is 4.23. The lowest BCUT2D eigenvalue weighted by Crippen LogP contribution is -2.40. The first-order valence-electron chi connectivity index (χ1n) is 7.62. The van der Waals surface area contributed by atoms with Crippen LogP contribution in [0.5, 0.6) is 0 Å². The molecule has 0 spiro atoms. The molecule has 1 aromatic heterocycles. The fourth-order valence-corrected chi connectivity index (χ4v) is 2.96. The summed E-state index contributed by atoms with van der Waals surface area (Å²) in [5, 5.41) is 4.17. The molecule has 2 heterocycles. The van der Waals surface area contributed by atoms with Crippen molar-refractivity contribution >= 4 is 17.4 Å². The number of halogens is 1. The number of aromatic nitrogens is 1. The number of hydrogen-bond donors (Lipinski definition) is 1. The molecule has 112 valence electrons. The van der Waals surface area contributed by atoms with Gasteiger partial charge >= 0.3 is 0 Å². The van der Waals surface area contributed by atoms with E-state index in [1.54, 1.807) is 6.20 Å². The summed E-state index contributed by atoms with van der Waals surface area (Å²) in [6, 6.07) is 2.15. The van der Waals surface area contributed by atoms with E-state index in [-0.39, 0.29) is 0 Å². The van der Waals surface area contributed by atoms with E-state index in [2.05, 4.69) is 42.0 Å². The fourth-order valence-electron chi connectivity index (χ4n) is 2.79. The molecule has 0 aromatic carbocycles. The van der Waals surface area contributed by atoms with Crippen LogP contribution < -0.4 is 10.2 Å². The molecular formula is C16H26ClN3. The summed E-state index contributed by atoms with van der Waals surface area (Å²) in [6.45, 7) is 10.8. The molecule has 2 rings (SSSR count). The third-order valence-electron chi connectivity index (χ3n) is 3.89. The van der Waals surface area contributed by atoms with Crippen molar-refractivity contribution in [2.75, 3.05) is 24.5 Å². The molecule has 0 unspecified atom stereocenters. The highest BCUT2D eigenvalue weighted by molar-refractivity contribution is 6.31. The number of anilines is 1. The van der Waals surface area contributed by atoms with Gasteiger partial charge in [-0.15, -0.1) is 0 Å². The van der Waals surface area contributed by atoms with Crippen molar-refractivity contribution in [3.05, 3.63) is 22.8 Å². The minimum Gasteiger partial charge on any atom is -0.356 e. The van der Waals surface area contributed by atoms with E-state index >= 15 is 0 Å². The van der Waals surface area contributed by atoms with E-state index in [0.717, 1.165) is 49.0 Å². The summed E-state index contributed by atoms with van der Waals surface area (Å²) in [7, 11) is 0. The minimum atomic E-state index is 0.375. The summed E-state index contributed by atoms with van der Waals surface area (Å²) < 4.78 is 0. The Morgan fingerprint density at radius 3 is 2.95 bits per heavy atom. The predicted molar refractivity (Wildman–Crippen MR) is 86.5 cm³/mol. The van der Waals surface area contributed by atoms with Crippen LogP contribution in [-0.4, -0.2) is 24.6 Å². The number of nitrogens with one attached hydrogen (secondary N) is 1. The smallest absolute Gasteiger partial charge is 0.128 e. The number of piperidine rings is 1. The molecule has 3 nitrogen and oxygen atoms in total. The van der Waals surface area contributed by atoms with Crippen molar-refractivity contribution in [3.63, 3.8) is 0 Å². The molecule has 1 N–H and O–H groups in total. The molecule has 0 amide bonds. The average molecular weight is 296 g/mol. The molecule has 0 bridgehead atoms. The van der Waals surface area contributed by atoms with Crippen LogP contribution in [0.4, 0.5) is 5.82 Å². The van der Waals surface area contributed by atoms with Crippen molar-refractivity contribution in [1.29, 1.82) is 0 Å². The molecule has 1 aliphatic heterocycles. The number of rotatable bonds is 5. The SMILES string of the molecule is CCCNCc1cc(N2CCCC(C)(C)C2)ncc1Cl. The summed E-state index contributed by atoms with van der Waals surface area (Å²) in [4.78, 5) is 6.91. The van der Waals surface area contributed by atoms with E-state index < -0.39 is 0 Å². The lowest BCUT2D eigenvalue weighted by Gasteiger charge is -2.38. The average Bonchev–Trinajstić information content (AvgIpc) is 2.40. The molecule has 1 fully saturated rings. The quantitative estimate of drug-likeness (QED) is 0.836. The first-order chi connectivity index (χ1) is 9.52. The van der Waals surface area contributed by atoms with Gasteiger partial charge in [0, 0.05) is 25.8 Å². The summed E-state index contributed by atoms with van der Waals surface area (Å²) in [5.41, 5.74) is 1.52. The predicted octanol–water partition coefficient (Wildman–Crippen LogP) is 3.86. The molecule has 1 saturated heterocycles. The highest BCUT2D eigenvalue weighted by Crippen LogP contribution is 2.31.